The molecule has 2 atom stereocenters. The van der Waals surface area contributed by atoms with Crippen molar-refractivity contribution in [2.24, 2.45) is 0 Å². The van der Waals surface area contributed by atoms with Gasteiger partial charge in [0.25, 0.3) is 0 Å². The van der Waals surface area contributed by atoms with Crippen LogP contribution in [0.5, 0.6) is 0 Å². The highest BCUT2D eigenvalue weighted by Gasteiger charge is 2.47. The van der Waals surface area contributed by atoms with Gasteiger partial charge in [-0.2, -0.15) is 0 Å². The molecule has 2 heterocycles. The second kappa shape index (κ2) is 4.46. The number of alkyl carbamates (subject to hydrolysis) is 1. The Labute approximate surface area is 102 Å². The molecule has 2 aliphatic rings. The minimum absolute atomic E-state index is 0.0729. The number of amides is 1. The van der Waals surface area contributed by atoms with E-state index in [1.807, 2.05) is 20.8 Å². The van der Waals surface area contributed by atoms with Gasteiger partial charge in [0, 0.05) is 19.7 Å². The lowest BCUT2D eigenvalue weighted by atomic mass is 9.88. The standard InChI is InChI=1S/C12H22N2O3/c1-11(2,3)17-10(15)14-12-5-4-6-16-9(12)7-13-8-12/h9,13H,4-8H2,1-3H3,(H,14,15). The van der Waals surface area contributed by atoms with Crippen LogP contribution >= 0.6 is 0 Å². The topological polar surface area (TPSA) is 59.6 Å². The summed E-state index contributed by atoms with van der Waals surface area (Å²) >= 11 is 0. The Morgan fingerprint density at radius 3 is 3.00 bits per heavy atom. The molecule has 0 aromatic carbocycles. The molecule has 98 valence electrons. The maximum atomic E-state index is 11.8. The summed E-state index contributed by atoms with van der Waals surface area (Å²) < 4.78 is 11.0. The third-order valence-electron chi connectivity index (χ3n) is 3.22. The molecule has 5 nitrogen and oxygen atoms in total. The van der Waals surface area contributed by atoms with Crippen LogP contribution in [0.2, 0.25) is 0 Å². The second-order valence-electron chi connectivity index (χ2n) is 5.88. The van der Waals surface area contributed by atoms with E-state index in [0.29, 0.717) is 0 Å². The van der Waals surface area contributed by atoms with Crippen LogP contribution in [0, 0.1) is 0 Å². The quantitative estimate of drug-likeness (QED) is 0.721. The summed E-state index contributed by atoms with van der Waals surface area (Å²) in [6, 6.07) is 0. The Hall–Kier alpha value is -0.810. The van der Waals surface area contributed by atoms with Gasteiger partial charge in [-0.25, -0.2) is 4.79 Å². The molecule has 2 aliphatic heterocycles. The van der Waals surface area contributed by atoms with Crippen LogP contribution in [-0.4, -0.2) is 43.0 Å². The van der Waals surface area contributed by atoms with Crippen LogP contribution in [-0.2, 0) is 9.47 Å². The van der Waals surface area contributed by atoms with Gasteiger partial charge >= 0.3 is 6.09 Å². The van der Waals surface area contributed by atoms with Crippen LogP contribution in [0.3, 0.4) is 0 Å². The molecule has 2 unspecified atom stereocenters. The number of hydrogen-bond acceptors (Lipinski definition) is 4. The average Bonchev–Trinajstić information content (AvgIpc) is 2.57. The van der Waals surface area contributed by atoms with Gasteiger partial charge in [0.05, 0.1) is 11.6 Å². The van der Waals surface area contributed by atoms with Crippen molar-refractivity contribution in [1.29, 1.82) is 0 Å². The summed E-state index contributed by atoms with van der Waals surface area (Å²) in [6.07, 6.45) is 1.65. The predicted octanol–water partition coefficient (Wildman–Crippen LogP) is 1.03. The van der Waals surface area contributed by atoms with Crippen molar-refractivity contribution in [1.82, 2.24) is 10.6 Å². The van der Waals surface area contributed by atoms with Gasteiger partial charge in [0.2, 0.25) is 0 Å². The first kappa shape index (κ1) is 12.6. The SMILES string of the molecule is CC(C)(C)OC(=O)NC12CCCOC1CNC2. The summed E-state index contributed by atoms with van der Waals surface area (Å²) in [6.45, 7) is 7.95. The Morgan fingerprint density at radius 2 is 2.29 bits per heavy atom. The normalized spacial score (nSPS) is 33.0. The zero-order valence-electron chi connectivity index (χ0n) is 10.8. The van der Waals surface area contributed by atoms with Crippen molar-refractivity contribution < 1.29 is 14.3 Å². The molecule has 0 saturated carbocycles. The lowest BCUT2D eigenvalue weighted by Gasteiger charge is -2.39. The maximum absolute atomic E-state index is 11.8. The monoisotopic (exact) mass is 242 g/mol. The summed E-state index contributed by atoms with van der Waals surface area (Å²) in [5.41, 5.74) is -0.738. The molecule has 5 heteroatoms. The Bertz CT molecular complexity index is 301. The molecule has 0 aromatic rings. The van der Waals surface area contributed by atoms with Crippen LogP contribution in [0.1, 0.15) is 33.6 Å². The van der Waals surface area contributed by atoms with Crippen molar-refractivity contribution in [3.05, 3.63) is 0 Å². The molecule has 0 aromatic heterocycles. The second-order valence-corrected chi connectivity index (χ2v) is 5.88. The Kier molecular flexibility index (Phi) is 3.32. The van der Waals surface area contributed by atoms with E-state index in [-0.39, 0.29) is 17.7 Å². The lowest BCUT2D eigenvalue weighted by Crippen LogP contribution is -2.60. The van der Waals surface area contributed by atoms with E-state index in [1.54, 1.807) is 0 Å². The number of rotatable bonds is 1. The van der Waals surface area contributed by atoms with Crippen molar-refractivity contribution in [3.8, 4) is 0 Å². The van der Waals surface area contributed by atoms with Gasteiger partial charge in [0.15, 0.2) is 0 Å². The van der Waals surface area contributed by atoms with E-state index in [1.165, 1.54) is 0 Å². The first-order valence-corrected chi connectivity index (χ1v) is 6.25. The highest BCUT2D eigenvalue weighted by Crippen LogP contribution is 2.29. The van der Waals surface area contributed by atoms with E-state index in [4.69, 9.17) is 9.47 Å². The van der Waals surface area contributed by atoms with Crippen molar-refractivity contribution in [2.45, 2.75) is 50.9 Å². The zero-order valence-corrected chi connectivity index (χ0v) is 10.8. The summed E-state index contributed by atoms with van der Waals surface area (Å²) in [5.74, 6) is 0. The summed E-state index contributed by atoms with van der Waals surface area (Å²) in [7, 11) is 0. The van der Waals surface area contributed by atoms with Gasteiger partial charge in [0.1, 0.15) is 5.60 Å². The van der Waals surface area contributed by atoms with E-state index >= 15 is 0 Å². The van der Waals surface area contributed by atoms with Crippen molar-refractivity contribution in [3.63, 3.8) is 0 Å². The third-order valence-corrected chi connectivity index (χ3v) is 3.22. The molecule has 17 heavy (non-hydrogen) atoms. The Balaban J connectivity index is 1.98. The van der Waals surface area contributed by atoms with Gasteiger partial charge in [-0.3, -0.25) is 0 Å². The van der Waals surface area contributed by atoms with E-state index in [9.17, 15) is 4.79 Å². The van der Waals surface area contributed by atoms with Crippen LogP contribution in [0.4, 0.5) is 4.79 Å². The average molecular weight is 242 g/mol. The fourth-order valence-electron chi connectivity index (χ4n) is 2.51. The highest BCUT2D eigenvalue weighted by molar-refractivity contribution is 5.69. The van der Waals surface area contributed by atoms with E-state index in [0.717, 1.165) is 32.5 Å². The molecular weight excluding hydrogens is 220 g/mol. The van der Waals surface area contributed by atoms with Crippen LogP contribution in [0.25, 0.3) is 0 Å². The molecule has 2 fully saturated rings. The first-order chi connectivity index (χ1) is 7.91. The van der Waals surface area contributed by atoms with Gasteiger partial charge in [-0.1, -0.05) is 0 Å². The minimum Gasteiger partial charge on any atom is -0.444 e. The fraction of sp³-hybridized carbons (Fsp3) is 0.917. The van der Waals surface area contributed by atoms with Crippen LogP contribution in [0.15, 0.2) is 0 Å². The van der Waals surface area contributed by atoms with E-state index in [2.05, 4.69) is 10.6 Å². The highest BCUT2D eigenvalue weighted by atomic mass is 16.6. The van der Waals surface area contributed by atoms with E-state index < -0.39 is 5.60 Å². The maximum Gasteiger partial charge on any atom is 0.408 e. The molecular formula is C12H22N2O3. The lowest BCUT2D eigenvalue weighted by molar-refractivity contribution is -0.0326. The predicted molar refractivity (Wildman–Crippen MR) is 63.9 cm³/mol. The smallest absolute Gasteiger partial charge is 0.408 e. The number of hydrogen-bond donors (Lipinski definition) is 2. The summed E-state index contributed by atoms with van der Waals surface area (Å²) in [4.78, 5) is 11.8. The molecule has 1 amide bonds. The molecule has 2 saturated heterocycles. The molecule has 0 radical (unpaired) electrons. The number of ether oxygens (including phenoxy) is 2. The van der Waals surface area contributed by atoms with Gasteiger partial charge in [-0.15, -0.1) is 0 Å². The molecule has 0 bridgehead atoms. The molecule has 2 N–H and O–H groups in total. The zero-order chi connectivity index (χ0) is 12.5. The number of fused-ring (bicyclic) bond motifs is 1. The van der Waals surface area contributed by atoms with Crippen molar-refractivity contribution >= 4 is 6.09 Å². The van der Waals surface area contributed by atoms with Crippen LogP contribution < -0.4 is 10.6 Å². The largest absolute Gasteiger partial charge is 0.444 e. The summed E-state index contributed by atoms with van der Waals surface area (Å²) in [5, 5.41) is 6.28. The number of nitrogens with one attached hydrogen (secondary N) is 2. The third kappa shape index (κ3) is 2.90. The first-order valence-electron chi connectivity index (χ1n) is 6.25. The molecule has 0 aliphatic carbocycles. The minimum atomic E-state index is -0.461. The fourth-order valence-corrected chi connectivity index (χ4v) is 2.51. The molecule has 2 rings (SSSR count). The van der Waals surface area contributed by atoms with Gasteiger partial charge < -0.3 is 20.1 Å². The van der Waals surface area contributed by atoms with Crippen molar-refractivity contribution in [2.75, 3.05) is 19.7 Å². The Morgan fingerprint density at radius 1 is 1.53 bits per heavy atom. The van der Waals surface area contributed by atoms with Gasteiger partial charge in [-0.05, 0) is 33.6 Å². The number of carbonyl (C=O) groups is 1. The number of carbonyl (C=O) groups excluding carboxylic acids is 1. The molecule has 0 spiro atoms.